The van der Waals surface area contributed by atoms with Gasteiger partial charge in [-0.1, -0.05) is 12.1 Å². The molecule has 0 aliphatic rings. The van der Waals surface area contributed by atoms with Crippen molar-refractivity contribution in [3.8, 4) is 0 Å². The second-order valence-electron chi connectivity index (χ2n) is 4.11. The van der Waals surface area contributed by atoms with E-state index < -0.39 is 5.79 Å². The summed E-state index contributed by atoms with van der Waals surface area (Å²) in [5.41, 5.74) is 1.41. The molecule has 0 atom stereocenters. The van der Waals surface area contributed by atoms with Crippen LogP contribution in [0.4, 0.5) is 0 Å². The van der Waals surface area contributed by atoms with Gasteiger partial charge in [-0.3, -0.25) is 0 Å². The SMILES string of the molecule is CCOC(=O)c1ccc(C(C)(OCC)OCC)cc1. The highest BCUT2D eigenvalue weighted by Gasteiger charge is 2.27. The van der Waals surface area contributed by atoms with Gasteiger partial charge in [0.2, 0.25) is 0 Å². The van der Waals surface area contributed by atoms with Gasteiger partial charge < -0.3 is 14.2 Å². The highest BCUT2D eigenvalue weighted by Crippen LogP contribution is 2.27. The minimum Gasteiger partial charge on any atom is -0.462 e. The van der Waals surface area contributed by atoms with Crippen LogP contribution in [-0.2, 0) is 20.0 Å². The maximum Gasteiger partial charge on any atom is 0.338 e. The number of esters is 1. The first-order valence-corrected chi connectivity index (χ1v) is 6.63. The maximum atomic E-state index is 11.6. The summed E-state index contributed by atoms with van der Waals surface area (Å²) >= 11 is 0. The van der Waals surface area contributed by atoms with Crippen molar-refractivity contribution in [3.63, 3.8) is 0 Å². The first-order chi connectivity index (χ1) is 9.07. The topological polar surface area (TPSA) is 44.8 Å². The number of hydrogen-bond acceptors (Lipinski definition) is 4. The minimum atomic E-state index is -0.781. The van der Waals surface area contributed by atoms with Crippen molar-refractivity contribution in [1.29, 1.82) is 0 Å². The quantitative estimate of drug-likeness (QED) is 0.562. The van der Waals surface area contributed by atoms with E-state index in [2.05, 4.69) is 0 Å². The Bertz CT molecular complexity index is 391. The van der Waals surface area contributed by atoms with Crippen molar-refractivity contribution in [2.75, 3.05) is 19.8 Å². The summed E-state index contributed by atoms with van der Waals surface area (Å²) in [7, 11) is 0. The van der Waals surface area contributed by atoms with E-state index in [9.17, 15) is 4.79 Å². The molecule has 0 unspecified atom stereocenters. The van der Waals surface area contributed by atoms with Crippen LogP contribution in [0.3, 0.4) is 0 Å². The van der Waals surface area contributed by atoms with E-state index in [1.165, 1.54) is 0 Å². The third-order valence-electron chi connectivity index (χ3n) is 2.76. The van der Waals surface area contributed by atoms with Crippen LogP contribution in [0.25, 0.3) is 0 Å². The summed E-state index contributed by atoms with van der Waals surface area (Å²) in [6.45, 7) is 8.98. The van der Waals surface area contributed by atoms with Crippen LogP contribution in [-0.4, -0.2) is 25.8 Å². The van der Waals surface area contributed by atoms with Gasteiger partial charge in [0, 0.05) is 18.8 Å². The molecule has 0 spiro atoms. The van der Waals surface area contributed by atoms with Crippen molar-refractivity contribution in [3.05, 3.63) is 35.4 Å². The summed E-state index contributed by atoms with van der Waals surface area (Å²) < 4.78 is 16.3. The molecule has 0 N–H and O–H groups in total. The molecule has 0 heterocycles. The molecule has 1 aromatic rings. The number of carbonyl (C=O) groups excluding carboxylic acids is 1. The monoisotopic (exact) mass is 266 g/mol. The van der Waals surface area contributed by atoms with E-state index in [4.69, 9.17) is 14.2 Å². The molecule has 0 radical (unpaired) electrons. The fourth-order valence-corrected chi connectivity index (χ4v) is 1.88. The van der Waals surface area contributed by atoms with Gasteiger partial charge in [-0.05, 0) is 39.8 Å². The summed E-state index contributed by atoms with van der Waals surface area (Å²) in [6, 6.07) is 7.11. The molecule has 0 fully saturated rings. The predicted molar refractivity (Wildman–Crippen MR) is 73.0 cm³/mol. The zero-order valence-corrected chi connectivity index (χ0v) is 12.1. The third-order valence-corrected chi connectivity index (χ3v) is 2.76. The number of ether oxygens (including phenoxy) is 3. The van der Waals surface area contributed by atoms with Crippen molar-refractivity contribution in [2.45, 2.75) is 33.5 Å². The molecule has 0 aromatic heterocycles. The number of hydrogen-bond donors (Lipinski definition) is 0. The molecule has 19 heavy (non-hydrogen) atoms. The molecule has 106 valence electrons. The molecule has 4 nitrogen and oxygen atoms in total. The second-order valence-corrected chi connectivity index (χ2v) is 4.11. The van der Waals surface area contributed by atoms with Crippen molar-refractivity contribution < 1.29 is 19.0 Å². The summed E-state index contributed by atoms with van der Waals surface area (Å²) in [5.74, 6) is -1.10. The van der Waals surface area contributed by atoms with Gasteiger partial charge in [0.1, 0.15) is 0 Å². The van der Waals surface area contributed by atoms with E-state index in [-0.39, 0.29) is 5.97 Å². The Morgan fingerprint density at radius 3 is 1.95 bits per heavy atom. The van der Waals surface area contributed by atoms with Gasteiger partial charge in [0.25, 0.3) is 0 Å². The molecule has 1 rings (SSSR count). The van der Waals surface area contributed by atoms with Gasteiger partial charge in [0.05, 0.1) is 12.2 Å². The van der Waals surface area contributed by atoms with Crippen molar-refractivity contribution >= 4 is 5.97 Å². The van der Waals surface area contributed by atoms with E-state index in [1.54, 1.807) is 19.1 Å². The Morgan fingerprint density at radius 1 is 1.00 bits per heavy atom. The van der Waals surface area contributed by atoms with Gasteiger partial charge in [0.15, 0.2) is 5.79 Å². The smallest absolute Gasteiger partial charge is 0.338 e. The average molecular weight is 266 g/mol. The highest BCUT2D eigenvalue weighted by molar-refractivity contribution is 5.89. The Labute approximate surface area is 114 Å². The van der Waals surface area contributed by atoms with E-state index >= 15 is 0 Å². The molecule has 0 aliphatic heterocycles. The molecule has 0 amide bonds. The zero-order chi connectivity index (χ0) is 14.3. The Hall–Kier alpha value is -1.39. The van der Waals surface area contributed by atoms with Gasteiger partial charge in [-0.15, -0.1) is 0 Å². The van der Waals surface area contributed by atoms with Crippen LogP contribution in [0.15, 0.2) is 24.3 Å². The molecular formula is C15H22O4. The van der Waals surface area contributed by atoms with Crippen LogP contribution >= 0.6 is 0 Å². The maximum absolute atomic E-state index is 11.6. The van der Waals surface area contributed by atoms with Crippen LogP contribution in [0.5, 0.6) is 0 Å². The third kappa shape index (κ3) is 4.04. The lowest BCUT2D eigenvalue weighted by atomic mass is 10.0. The first kappa shape index (κ1) is 15.7. The molecule has 1 aromatic carbocycles. The Balaban J connectivity index is 2.92. The lowest BCUT2D eigenvalue weighted by Gasteiger charge is -2.29. The molecule has 4 heteroatoms. The van der Waals surface area contributed by atoms with Gasteiger partial charge in [-0.2, -0.15) is 0 Å². The van der Waals surface area contributed by atoms with Gasteiger partial charge >= 0.3 is 5.97 Å². The second kappa shape index (κ2) is 7.26. The first-order valence-electron chi connectivity index (χ1n) is 6.63. The molecule has 0 saturated carbocycles. The van der Waals surface area contributed by atoms with Crippen LogP contribution in [0.2, 0.25) is 0 Å². The number of carbonyl (C=O) groups is 1. The normalized spacial score (nSPS) is 11.4. The van der Waals surface area contributed by atoms with Crippen LogP contribution < -0.4 is 0 Å². The van der Waals surface area contributed by atoms with Crippen LogP contribution in [0.1, 0.15) is 43.6 Å². The molecule has 0 bridgehead atoms. The lowest BCUT2D eigenvalue weighted by molar-refractivity contribution is -0.229. The largest absolute Gasteiger partial charge is 0.462 e. The van der Waals surface area contributed by atoms with Crippen LogP contribution in [0, 0.1) is 0 Å². The Kier molecular flexibility index (Phi) is 5.99. The summed E-state index contributed by atoms with van der Waals surface area (Å²) in [5, 5.41) is 0. The minimum absolute atomic E-state index is 0.316. The number of benzene rings is 1. The average Bonchev–Trinajstić information content (AvgIpc) is 2.40. The van der Waals surface area contributed by atoms with Crippen molar-refractivity contribution in [2.24, 2.45) is 0 Å². The van der Waals surface area contributed by atoms with E-state index in [0.29, 0.717) is 25.4 Å². The summed E-state index contributed by atoms with van der Waals surface area (Å²) in [4.78, 5) is 11.6. The molecule has 0 saturated heterocycles. The van der Waals surface area contributed by atoms with Gasteiger partial charge in [-0.25, -0.2) is 4.79 Å². The standard InChI is InChI=1S/C15H22O4/c1-5-17-14(16)12-8-10-13(11-9-12)15(4,18-6-2)19-7-3/h8-11H,5-7H2,1-4H3. The van der Waals surface area contributed by atoms with E-state index in [0.717, 1.165) is 5.56 Å². The van der Waals surface area contributed by atoms with E-state index in [1.807, 2.05) is 32.9 Å². The van der Waals surface area contributed by atoms with Crippen molar-refractivity contribution in [1.82, 2.24) is 0 Å². The fraction of sp³-hybridized carbons (Fsp3) is 0.533. The summed E-state index contributed by atoms with van der Waals surface area (Å²) in [6.07, 6.45) is 0. The molecule has 0 aliphatic carbocycles. The highest BCUT2D eigenvalue weighted by atomic mass is 16.7. The fourth-order valence-electron chi connectivity index (χ4n) is 1.88. The Morgan fingerprint density at radius 2 is 1.53 bits per heavy atom. The number of rotatable bonds is 7. The zero-order valence-electron chi connectivity index (χ0n) is 12.1. The lowest BCUT2D eigenvalue weighted by Crippen LogP contribution is -2.29. The predicted octanol–water partition coefficient (Wildman–Crippen LogP) is 3.11. The molecular weight excluding hydrogens is 244 g/mol.